The summed E-state index contributed by atoms with van der Waals surface area (Å²) in [6, 6.07) is 0. The number of nitrogens with two attached hydrogens (primary N) is 4. The predicted molar refractivity (Wildman–Crippen MR) is 132 cm³/mol. The molecule has 0 unspecified atom stereocenters. The van der Waals surface area contributed by atoms with Crippen LogP contribution in [0.3, 0.4) is 0 Å². The second kappa shape index (κ2) is 12.4. The van der Waals surface area contributed by atoms with Crippen molar-refractivity contribution in [2.75, 3.05) is 84.3 Å². The van der Waals surface area contributed by atoms with Gasteiger partial charge in [0.1, 0.15) is 0 Å². The summed E-state index contributed by atoms with van der Waals surface area (Å²) in [6.45, 7) is 3.70. The van der Waals surface area contributed by atoms with Gasteiger partial charge in [-0.3, -0.25) is 9.98 Å². The van der Waals surface area contributed by atoms with Gasteiger partial charge in [0.05, 0.1) is 13.1 Å². The molecule has 0 saturated carbocycles. The lowest BCUT2D eigenvalue weighted by Gasteiger charge is -2.14. The summed E-state index contributed by atoms with van der Waals surface area (Å²) >= 11 is 0. The van der Waals surface area contributed by atoms with Gasteiger partial charge < -0.3 is 54.8 Å². The van der Waals surface area contributed by atoms with E-state index in [4.69, 9.17) is 22.9 Å². The molecule has 0 amide bonds. The smallest absolute Gasteiger partial charge is 0.229 e. The number of rotatable bonds is 8. The highest BCUT2D eigenvalue weighted by Gasteiger charge is 2.09. The third-order valence-corrected chi connectivity index (χ3v) is 4.03. The highest BCUT2D eigenvalue weighted by Crippen LogP contribution is 2.11. The maximum absolute atomic E-state index is 5.34. The second-order valence-electron chi connectivity index (χ2n) is 6.79. The molecule has 0 aromatic carbocycles. The van der Waals surface area contributed by atoms with Crippen LogP contribution < -0.4 is 54.8 Å². The second-order valence-corrected chi connectivity index (χ2v) is 6.79. The number of guanidine groups is 2. The number of nitrogens with one attached hydrogen (secondary N) is 6. The van der Waals surface area contributed by atoms with Crippen LogP contribution in [0.2, 0.25) is 0 Å². The molecule has 18 nitrogen and oxygen atoms in total. The molecule has 0 spiro atoms. The van der Waals surface area contributed by atoms with Gasteiger partial charge in [-0.2, -0.15) is 29.9 Å². The van der Waals surface area contributed by atoms with E-state index in [0.29, 0.717) is 88.0 Å². The van der Waals surface area contributed by atoms with Crippen LogP contribution in [-0.4, -0.2) is 94.2 Å². The number of hydrogen-bond acceptors (Lipinski definition) is 14. The average Bonchev–Trinajstić information content (AvgIpc) is 2.79. The van der Waals surface area contributed by atoms with E-state index in [-0.39, 0.29) is 11.9 Å². The fourth-order valence-corrected chi connectivity index (χ4v) is 2.63. The third-order valence-electron chi connectivity index (χ3n) is 4.03. The summed E-state index contributed by atoms with van der Waals surface area (Å²) in [4.78, 5) is 34.1. The Bertz CT molecular complexity index is 854. The normalized spacial score (nSPS) is 12.9. The van der Waals surface area contributed by atoms with Crippen molar-refractivity contribution in [1.29, 1.82) is 0 Å². The summed E-state index contributed by atoms with van der Waals surface area (Å²) < 4.78 is 0. The van der Waals surface area contributed by atoms with Crippen molar-refractivity contribution in [2.45, 2.75) is 0 Å². The van der Waals surface area contributed by atoms with Crippen LogP contribution in [0.1, 0.15) is 0 Å². The van der Waals surface area contributed by atoms with E-state index < -0.39 is 0 Å². The van der Waals surface area contributed by atoms with Gasteiger partial charge in [0, 0.05) is 39.3 Å². The molecule has 0 fully saturated rings. The molecule has 4 bridgehead atoms. The minimum absolute atomic E-state index is 0.0285. The topological polar surface area (TPSA) is 278 Å². The van der Waals surface area contributed by atoms with E-state index >= 15 is 0 Å². The fourth-order valence-electron chi connectivity index (χ4n) is 2.63. The van der Waals surface area contributed by atoms with Crippen LogP contribution in [-0.2, 0) is 0 Å². The van der Waals surface area contributed by atoms with Crippen molar-refractivity contribution >= 4 is 47.6 Å². The molecule has 2 aromatic heterocycles. The standard InChI is InChI=1S/C16H30N18/c17-9(18)21-1-3-23-11-29-13-25-5-7-27-15-31-12(24-4-2-22-10(19)20)32-16(34-15)28-8-6-26-14(30-11)33-13/h1-8H2,(H4,17,18,21)(H4,19,20,22)(H3,23,25,26,29,30,33)(H3,24,27,28,31,32,34). The van der Waals surface area contributed by atoms with Gasteiger partial charge in [-0.05, 0) is 0 Å². The Morgan fingerprint density at radius 3 is 1.21 bits per heavy atom. The van der Waals surface area contributed by atoms with Gasteiger partial charge in [-0.15, -0.1) is 0 Å². The molecule has 34 heavy (non-hydrogen) atoms. The van der Waals surface area contributed by atoms with Crippen molar-refractivity contribution in [1.82, 2.24) is 29.9 Å². The zero-order valence-electron chi connectivity index (χ0n) is 18.5. The first-order chi connectivity index (χ1) is 16.5. The number of aromatic nitrogens is 6. The lowest BCUT2D eigenvalue weighted by atomic mass is 10.5. The molecular formula is C16H30N18. The zero-order valence-corrected chi connectivity index (χ0v) is 18.5. The summed E-state index contributed by atoms with van der Waals surface area (Å²) in [5.74, 6) is 2.48. The van der Waals surface area contributed by atoms with Crippen LogP contribution in [0.15, 0.2) is 9.98 Å². The van der Waals surface area contributed by atoms with E-state index in [9.17, 15) is 0 Å². The van der Waals surface area contributed by atoms with Gasteiger partial charge in [-0.25, -0.2) is 0 Å². The number of fused-ring (bicyclic) bond motifs is 4. The molecule has 18 heteroatoms. The Labute approximate surface area is 195 Å². The maximum atomic E-state index is 5.34. The Hall–Kier alpha value is -4.64. The number of aliphatic imine (C=N–C) groups is 2. The van der Waals surface area contributed by atoms with E-state index in [1.807, 2.05) is 0 Å². The Kier molecular flexibility index (Phi) is 8.76. The molecule has 3 rings (SSSR count). The molecule has 14 N–H and O–H groups in total. The molecule has 1 aliphatic heterocycles. The Balaban J connectivity index is 1.63. The highest BCUT2D eigenvalue weighted by molar-refractivity contribution is 5.76. The Morgan fingerprint density at radius 1 is 0.588 bits per heavy atom. The fraction of sp³-hybridized carbons (Fsp3) is 0.500. The van der Waals surface area contributed by atoms with Crippen LogP contribution >= 0.6 is 0 Å². The summed E-state index contributed by atoms with van der Waals surface area (Å²) in [7, 11) is 0. The van der Waals surface area contributed by atoms with E-state index in [1.165, 1.54) is 0 Å². The van der Waals surface area contributed by atoms with Crippen LogP contribution in [0.4, 0.5) is 35.7 Å². The van der Waals surface area contributed by atoms with Crippen molar-refractivity contribution in [3.8, 4) is 0 Å². The minimum Gasteiger partial charge on any atom is -0.370 e. The van der Waals surface area contributed by atoms with Crippen molar-refractivity contribution < 1.29 is 0 Å². The van der Waals surface area contributed by atoms with Crippen molar-refractivity contribution in [3.05, 3.63) is 0 Å². The monoisotopic (exact) mass is 474 g/mol. The first-order valence-corrected chi connectivity index (χ1v) is 10.5. The maximum Gasteiger partial charge on any atom is 0.229 e. The summed E-state index contributed by atoms with van der Waals surface area (Å²) in [6.07, 6.45) is 0. The number of nitrogens with zero attached hydrogens (tertiary/aromatic N) is 8. The largest absolute Gasteiger partial charge is 0.370 e. The van der Waals surface area contributed by atoms with Gasteiger partial charge in [0.25, 0.3) is 0 Å². The van der Waals surface area contributed by atoms with E-state index in [0.717, 1.165) is 0 Å². The Morgan fingerprint density at radius 2 is 0.912 bits per heavy atom. The predicted octanol–water partition coefficient (Wildman–Crippen LogP) is -3.21. The quantitative estimate of drug-likeness (QED) is 0.102. The van der Waals surface area contributed by atoms with Crippen LogP contribution in [0, 0.1) is 0 Å². The van der Waals surface area contributed by atoms with E-state index in [2.05, 4.69) is 71.8 Å². The SMILES string of the molecule is NC(N)=NCCNc1nc2nc(n1)NCCNc1nc(NCCN=C(N)N)nc(n1)NCCN2. The molecule has 0 radical (unpaired) electrons. The van der Waals surface area contributed by atoms with Crippen LogP contribution in [0.25, 0.3) is 0 Å². The van der Waals surface area contributed by atoms with Crippen molar-refractivity contribution in [3.63, 3.8) is 0 Å². The summed E-state index contributed by atoms with van der Waals surface area (Å²) in [5, 5.41) is 18.7. The number of anilines is 6. The van der Waals surface area contributed by atoms with E-state index in [1.54, 1.807) is 0 Å². The molecule has 3 heterocycles. The lowest BCUT2D eigenvalue weighted by Crippen LogP contribution is -2.24. The first-order valence-electron chi connectivity index (χ1n) is 10.5. The minimum atomic E-state index is 0.0285. The first kappa shape index (κ1) is 24.0. The van der Waals surface area contributed by atoms with Crippen molar-refractivity contribution in [2.24, 2.45) is 32.9 Å². The van der Waals surface area contributed by atoms with Gasteiger partial charge in [-0.1, -0.05) is 0 Å². The zero-order chi connectivity index (χ0) is 24.2. The lowest BCUT2D eigenvalue weighted by molar-refractivity contribution is 0.915. The number of hydrogen-bond donors (Lipinski definition) is 10. The molecule has 2 aromatic rings. The third kappa shape index (κ3) is 8.48. The van der Waals surface area contributed by atoms with Gasteiger partial charge in [0.2, 0.25) is 35.7 Å². The molecule has 0 aliphatic carbocycles. The molecule has 0 saturated heterocycles. The van der Waals surface area contributed by atoms with Gasteiger partial charge in [0.15, 0.2) is 11.9 Å². The summed E-state index contributed by atoms with van der Waals surface area (Å²) in [5.41, 5.74) is 21.3. The highest BCUT2D eigenvalue weighted by atomic mass is 15.3. The molecule has 184 valence electrons. The van der Waals surface area contributed by atoms with Gasteiger partial charge >= 0.3 is 0 Å². The molecule has 0 atom stereocenters. The molecule has 1 aliphatic rings. The van der Waals surface area contributed by atoms with Crippen LogP contribution in [0.5, 0.6) is 0 Å². The average molecular weight is 475 g/mol. The molecular weight excluding hydrogens is 444 g/mol.